The summed E-state index contributed by atoms with van der Waals surface area (Å²) in [7, 11) is 0. The van der Waals surface area contributed by atoms with Gasteiger partial charge in [-0.3, -0.25) is 4.79 Å². The molecule has 1 atom stereocenters. The van der Waals surface area contributed by atoms with Crippen molar-refractivity contribution in [1.82, 2.24) is 0 Å². The Balaban J connectivity index is 2.21. The molecule has 0 saturated heterocycles. The van der Waals surface area contributed by atoms with Gasteiger partial charge in [-0.15, -0.1) is 0 Å². The molecule has 0 radical (unpaired) electrons. The third-order valence-corrected chi connectivity index (χ3v) is 3.47. The molecular weight excluding hydrogens is 297 g/mol. The molecule has 1 unspecified atom stereocenters. The van der Waals surface area contributed by atoms with Gasteiger partial charge in [-0.1, -0.05) is 29.3 Å². The van der Waals surface area contributed by atoms with E-state index < -0.39 is 11.8 Å². The maximum absolute atomic E-state index is 11.2. The van der Waals surface area contributed by atoms with Crippen molar-refractivity contribution in [3.05, 3.63) is 58.1 Å². The molecule has 104 valence electrons. The van der Waals surface area contributed by atoms with Crippen molar-refractivity contribution in [2.24, 2.45) is 5.73 Å². The minimum absolute atomic E-state index is 0.392. The molecule has 2 N–H and O–H groups in total. The van der Waals surface area contributed by atoms with Crippen LogP contribution in [-0.2, 0) is 4.79 Å². The van der Waals surface area contributed by atoms with Gasteiger partial charge in [0.1, 0.15) is 11.5 Å². The van der Waals surface area contributed by atoms with Crippen LogP contribution in [0.15, 0.2) is 42.5 Å². The maximum Gasteiger partial charge on any atom is 0.224 e. The molecule has 20 heavy (non-hydrogen) atoms. The van der Waals surface area contributed by atoms with E-state index in [1.807, 2.05) is 0 Å². The fraction of sp³-hybridized carbons (Fsp3) is 0.133. The van der Waals surface area contributed by atoms with Gasteiger partial charge in [-0.2, -0.15) is 0 Å². The molecule has 2 aromatic carbocycles. The van der Waals surface area contributed by atoms with Gasteiger partial charge in [-0.25, -0.2) is 0 Å². The normalized spacial score (nSPS) is 11.9. The summed E-state index contributed by atoms with van der Waals surface area (Å²) in [6.07, 6.45) is 0. The van der Waals surface area contributed by atoms with Gasteiger partial charge in [0.15, 0.2) is 0 Å². The van der Waals surface area contributed by atoms with E-state index in [-0.39, 0.29) is 0 Å². The van der Waals surface area contributed by atoms with E-state index in [0.717, 1.165) is 5.56 Å². The summed E-state index contributed by atoms with van der Waals surface area (Å²) >= 11 is 12.0. The first kappa shape index (κ1) is 14.7. The molecule has 0 aromatic heterocycles. The number of carbonyl (C=O) groups is 1. The van der Waals surface area contributed by atoms with Gasteiger partial charge < -0.3 is 10.5 Å². The van der Waals surface area contributed by atoms with E-state index in [1.165, 1.54) is 0 Å². The first-order chi connectivity index (χ1) is 9.47. The molecule has 1 amide bonds. The van der Waals surface area contributed by atoms with E-state index in [0.29, 0.717) is 21.5 Å². The molecular formula is C15H13Cl2NO2. The molecule has 0 fully saturated rings. The van der Waals surface area contributed by atoms with E-state index in [4.69, 9.17) is 33.7 Å². The lowest BCUT2D eigenvalue weighted by Gasteiger charge is -2.11. The highest BCUT2D eigenvalue weighted by molar-refractivity contribution is 6.32. The second-order valence-electron chi connectivity index (χ2n) is 4.37. The Morgan fingerprint density at radius 3 is 2.35 bits per heavy atom. The highest BCUT2D eigenvalue weighted by Crippen LogP contribution is 2.32. The standard InChI is InChI=1S/C15H13Cl2NO2/c1-9(15(18)19)10-2-7-14(13(17)8-10)20-12-5-3-11(16)4-6-12/h2-9H,1H3,(H2,18,19). The number of hydrogen-bond donors (Lipinski definition) is 1. The zero-order valence-electron chi connectivity index (χ0n) is 10.8. The largest absolute Gasteiger partial charge is 0.456 e. The summed E-state index contributed by atoms with van der Waals surface area (Å²) in [4.78, 5) is 11.2. The van der Waals surface area contributed by atoms with Gasteiger partial charge in [0.25, 0.3) is 0 Å². The van der Waals surface area contributed by atoms with Crippen LogP contribution in [0.25, 0.3) is 0 Å². The van der Waals surface area contributed by atoms with Crippen LogP contribution in [0.5, 0.6) is 11.5 Å². The number of halogens is 2. The molecule has 2 rings (SSSR count). The highest BCUT2D eigenvalue weighted by Gasteiger charge is 2.13. The Kier molecular flexibility index (Phi) is 4.53. The molecule has 0 aliphatic carbocycles. The van der Waals surface area contributed by atoms with Gasteiger partial charge >= 0.3 is 0 Å². The van der Waals surface area contributed by atoms with Gasteiger partial charge in [0.05, 0.1) is 10.9 Å². The number of primary amides is 1. The second kappa shape index (κ2) is 6.16. The Labute approximate surface area is 127 Å². The van der Waals surface area contributed by atoms with Crippen molar-refractivity contribution in [3.8, 4) is 11.5 Å². The topological polar surface area (TPSA) is 52.3 Å². The molecule has 5 heteroatoms. The quantitative estimate of drug-likeness (QED) is 0.911. The average Bonchev–Trinajstić information content (AvgIpc) is 2.42. The van der Waals surface area contributed by atoms with E-state index in [2.05, 4.69) is 0 Å². The summed E-state index contributed by atoms with van der Waals surface area (Å²) in [6, 6.07) is 12.1. The number of ether oxygens (including phenoxy) is 1. The van der Waals surface area contributed by atoms with Crippen molar-refractivity contribution in [2.45, 2.75) is 12.8 Å². The van der Waals surface area contributed by atoms with Crippen LogP contribution in [-0.4, -0.2) is 5.91 Å². The van der Waals surface area contributed by atoms with E-state index >= 15 is 0 Å². The smallest absolute Gasteiger partial charge is 0.224 e. The van der Waals surface area contributed by atoms with Crippen LogP contribution in [0.3, 0.4) is 0 Å². The summed E-state index contributed by atoms with van der Waals surface area (Å²) in [5.41, 5.74) is 6.02. The zero-order valence-corrected chi connectivity index (χ0v) is 12.3. The summed E-state index contributed by atoms with van der Waals surface area (Å²) in [5, 5.41) is 1.06. The van der Waals surface area contributed by atoms with Crippen molar-refractivity contribution >= 4 is 29.1 Å². The van der Waals surface area contributed by atoms with Gasteiger partial charge in [-0.05, 0) is 48.9 Å². The number of rotatable bonds is 4. The summed E-state index contributed by atoms with van der Waals surface area (Å²) < 4.78 is 5.65. The van der Waals surface area contributed by atoms with Crippen LogP contribution in [0, 0.1) is 0 Å². The van der Waals surface area contributed by atoms with Crippen LogP contribution >= 0.6 is 23.2 Å². The number of benzene rings is 2. The van der Waals surface area contributed by atoms with Crippen molar-refractivity contribution in [1.29, 1.82) is 0 Å². The second-order valence-corrected chi connectivity index (χ2v) is 5.21. The number of carbonyl (C=O) groups excluding carboxylic acids is 1. The average molecular weight is 310 g/mol. The number of amides is 1. The lowest BCUT2D eigenvalue weighted by molar-refractivity contribution is -0.119. The first-order valence-corrected chi connectivity index (χ1v) is 6.75. The van der Waals surface area contributed by atoms with Crippen LogP contribution in [0.2, 0.25) is 10.0 Å². The molecule has 0 spiro atoms. The summed E-state index contributed by atoms with van der Waals surface area (Å²) in [6.45, 7) is 1.73. The Bertz CT molecular complexity index is 626. The Morgan fingerprint density at radius 1 is 1.15 bits per heavy atom. The number of nitrogens with two attached hydrogens (primary N) is 1. The minimum Gasteiger partial charge on any atom is -0.456 e. The molecule has 0 bridgehead atoms. The monoisotopic (exact) mass is 309 g/mol. The minimum atomic E-state index is -0.396. The lowest BCUT2D eigenvalue weighted by Crippen LogP contribution is -2.18. The zero-order chi connectivity index (χ0) is 14.7. The molecule has 0 aliphatic heterocycles. The van der Waals surface area contributed by atoms with E-state index in [1.54, 1.807) is 49.4 Å². The first-order valence-electron chi connectivity index (χ1n) is 5.99. The van der Waals surface area contributed by atoms with Gasteiger partial charge in [0, 0.05) is 5.02 Å². The predicted molar refractivity (Wildman–Crippen MR) is 80.6 cm³/mol. The van der Waals surface area contributed by atoms with Crippen molar-refractivity contribution in [3.63, 3.8) is 0 Å². The molecule has 2 aromatic rings. The summed E-state index contributed by atoms with van der Waals surface area (Å²) in [5.74, 6) is 0.353. The maximum atomic E-state index is 11.2. The number of hydrogen-bond acceptors (Lipinski definition) is 2. The van der Waals surface area contributed by atoms with Crippen molar-refractivity contribution in [2.75, 3.05) is 0 Å². The highest BCUT2D eigenvalue weighted by atomic mass is 35.5. The van der Waals surface area contributed by atoms with Gasteiger partial charge in [0.2, 0.25) is 5.91 Å². The Morgan fingerprint density at radius 2 is 1.80 bits per heavy atom. The molecule has 0 saturated carbocycles. The van der Waals surface area contributed by atoms with Crippen LogP contribution < -0.4 is 10.5 Å². The molecule has 0 heterocycles. The fourth-order valence-electron chi connectivity index (χ4n) is 1.66. The Hall–Kier alpha value is -1.71. The van der Waals surface area contributed by atoms with E-state index in [9.17, 15) is 4.79 Å². The van der Waals surface area contributed by atoms with Crippen LogP contribution in [0.4, 0.5) is 0 Å². The van der Waals surface area contributed by atoms with Crippen LogP contribution in [0.1, 0.15) is 18.4 Å². The third-order valence-electron chi connectivity index (χ3n) is 2.92. The van der Waals surface area contributed by atoms with Crippen molar-refractivity contribution < 1.29 is 9.53 Å². The molecule has 0 aliphatic rings. The predicted octanol–water partition coefficient (Wildman–Crippen LogP) is 4.37. The fourth-order valence-corrected chi connectivity index (χ4v) is 2.02. The SMILES string of the molecule is CC(C(N)=O)c1ccc(Oc2ccc(Cl)cc2)c(Cl)c1. The third kappa shape index (κ3) is 3.44. The lowest BCUT2D eigenvalue weighted by atomic mass is 10.0. The molecule has 3 nitrogen and oxygen atoms in total.